The number of aromatic nitrogens is 2. The lowest BCUT2D eigenvalue weighted by Gasteiger charge is -2.30. The van der Waals surface area contributed by atoms with Gasteiger partial charge in [0.05, 0.1) is 48.2 Å². The molecule has 0 bridgehead atoms. The molecular weight excluding hydrogens is 615 g/mol. The number of carbonyl (C=O) groups is 1. The first-order valence-electron chi connectivity index (χ1n) is 14.7. The Morgan fingerprint density at radius 1 is 1.07 bits per heavy atom. The molecule has 4 aromatic rings. The number of rotatable bonds is 12. The molecule has 236 valence electrons. The average Bonchev–Trinajstić information content (AvgIpc) is 3.03. The second-order valence-electron chi connectivity index (χ2n) is 11.0. The third-order valence-electron chi connectivity index (χ3n) is 7.86. The van der Waals surface area contributed by atoms with Gasteiger partial charge >= 0.3 is 5.97 Å². The maximum Gasteiger partial charge on any atom is 0.304 e. The van der Waals surface area contributed by atoms with Crippen LogP contribution in [0.3, 0.4) is 0 Å². The van der Waals surface area contributed by atoms with Crippen molar-refractivity contribution in [1.29, 1.82) is 0 Å². The quantitative estimate of drug-likeness (QED) is 0.167. The fraction of sp³-hybridized carbons (Fsp3) is 0.324. The van der Waals surface area contributed by atoms with Crippen LogP contribution in [0.25, 0.3) is 33.6 Å². The van der Waals surface area contributed by atoms with Gasteiger partial charge in [-0.05, 0) is 43.2 Å². The van der Waals surface area contributed by atoms with Crippen LogP contribution in [0, 0.1) is 0 Å². The Kier molecular flexibility index (Phi) is 10.6. The van der Waals surface area contributed by atoms with Gasteiger partial charge in [-0.1, -0.05) is 47.5 Å². The van der Waals surface area contributed by atoms with Crippen LogP contribution in [0.15, 0.2) is 54.7 Å². The number of carboxylic acid groups (broad SMARTS) is 1. The first-order valence-corrected chi connectivity index (χ1v) is 15.5. The molecule has 2 aromatic carbocycles. The fourth-order valence-corrected chi connectivity index (χ4v) is 6.23. The number of hydrogen-bond acceptors (Lipinski definition) is 8. The van der Waals surface area contributed by atoms with Crippen molar-refractivity contribution in [2.45, 2.75) is 39.0 Å². The van der Waals surface area contributed by atoms with Crippen molar-refractivity contribution in [2.24, 2.45) is 0 Å². The molecule has 5 rings (SSSR count). The third-order valence-corrected chi connectivity index (χ3v) is 8.65. The highest BCUT2D eigenvalue weighted by Gasteiger charge is 2.24. The van der Waals surface area contributed by atoms with E-state index in [-0.39, 0.29) is 6.42 Å². The highest BCUT2D eigenvalue weighted by atomic mass is 35.5. The molecule has 0 amide bonds. The number of carboxylic acids is 1. The van der Waals surface area contributed by atoms with E-state index in [0.717, 1.165) is 57.7 Å². The van der Waals surface area contributed by atoms with Gasteiger partial charge in [-0.3, -0.25) is 14.7 Å². The maximum absolute atomic E-state index is 11.1. The highest BCUT2D eigenvalue weighted by Crippen LogP contribution is 2.43. The second kappa shape index (κ2) is 14.6. The van der Waals surface area contributed by atoms with E-state index >= 15 is 0 Å². The highest BCUT2D eigenvalue weighted by molar-refractivity contribution is 6.39. The van der Waals surface area contributed by atoms with Crippen LogP contribution in [0.2, 0.25) is 10.0 Å². The van der Waals surface area contributed by atoms with Crippen LogP contribution in [0.5, 0.6) is 11.6 Å². The predicted molar refractivity (Wildman–Crippen MR) is 176 cm³/mol. The Morgan fingerprint density at radius 2 is 1.84 bits per heavy atom. The number of benzene rings is 2. The molecule has 0 unspecified atom stereocenters. The summed E-state index contributed by atoms with van der Waals surface area (Å²) in [6.07, 6.45) is 2.12. The number of nitrogens with one attached hydrogen (secondary N) is 1. The van der Waals surface area contributed by atoms with Crippen molar-refractivity contribution < 1.29 is 24.5 Å². The van der Waals surface area contributed by atoms with E-state index in [2.05, 4.69) is 21.3 Å². The number of aliphatic hydroxyl groups excluding tert-OH is 1. The minimum Gasteiger partial charge on any atom is -0.496 e. The van der Waals surface area contributed by atoms with Crippen LogP contribution in [-0.4, -0.2) is 71.0 Å². The Balaban J connectivity index is 1.47. The third kappa shape index (κ3) is 7.40. The molecule has 1 aliphatic rings. The van der Waals surface area contributed by atoms with Gasteiger partial charge in [0, 0.05) is 72.3 Å². The average molecular weight is 652 g/mol. The van der Waals surface area contributed by atoms with E-state index in [4.69, 9.17) is 42.8 Å². The topological polar surface area (TPSA) is 117 Å². The number of halogens is 2. The second-order valence-corrected chi connectivity index (χ2v) is 11.8. The minimum absolute atomic E-state index is 0.100. The summed E-state index contributed by atoms with van der Waals surface area (Å²) in [5, 5.41) is 22.8. The SMILES string of the molecule is COc1cc(-c2nccc(-c3cccc(-c4ccc(CNC[C@H](C)O)c(OC)n4)c3Cl)c2Cl)cc2c1CN(CCC(=O)O)CC2. The lowest BCUT2D eigenvalue weighted by Crippen LogP contribution is -2.32. The molecule has 0 saturated carbocycles. The van der Waals surface area contributed by atoms with Gasteiger partial charge < -0.3 is 25.0 Å². The number of ether oxygens (including phenoxy) is 2. The number of nitrogens with zero attached hydrogens (tertiary/aromatic N) is 3. The molecular formula is C34H36Cl2N4O5. The molecule has 1 atom stereocenters. The van der Waals surface area contributed by atoms with Crippen LogP contribution in [0.1, 0.15) is 30.0 Å². The molecule has 1 aliphatic heterocycles. The summed E-state index contributed by atoms with van der Waals surface area (Å²) < 4.78 is 11.3. The Labute approximate surface area is 272 Å². The summed E-state index contributed by atoms with van der Waals surface area (Å²) in [5.41, 5.74) is 7.34. The van der Waals surface area contributed by atoms with Crippen LogP contribution in [0.4, 0.5) is 0 Å². The minimum atomic E-state index is -0.805. The number of pyridine rings is 2. The molecule has 3 N–H and O–H groups in total. The van der Waals surface area contributed by atoms with Gasteiger partial charge in [0.15, 0.2) is 0 Å². The zero-order chi connectivity index (χ0) is 32.1. The lowest BCUT2D eigenvalue weighted by molar-refractivity contribution is -0.137. The van der Waals surface area contributed by atoms with E-state index in [9.17, 15) is 9.90 Å². The first-order chi connectivity index (χ1) is 21.7. The molecule has 9 nitrogen and oxygen atoms in total. The standard InChI is InChI=1S/C34H36Cl2N4O5/c1-20(41)17-37-18-22-7-8-28(39-34(22)45-3)26-6-4-5-24(31(26)35)25-9-12-38-33(32(25)36)23-15-21-10-13-40(14-11-30(42)43)19-27(21)29(16-23)44-2/h4-9,12,15-16,20,37,41H,10-11,13-14,17-19H2,1-3H3,(H,42,43)/t20-/m0/s1. The van der Waals surface area contributed by atoms with Gasteiger partial charge in [-0.2, -0.15) is 0 Å². The maximum atomic E-state index is 11.1. The van der Waals surface area contributed by atoms with Crippen molar-refractivity contribution in [3.05, 3.63) is 81.5 Å². The molecule has 11 heteroatoms. The van der Waals surface area contributed by atoms with E-state index in [1.54, 1.807) is 27.3 Å². The Morgan fingerprint density at radius 3 is 2.58 bits per heavy atom. The number of aliphatic carboxylic acids is 1. The normalized spacial score (nSPS) is 13.7. The summed E-state index contributed by atoms with van der Waals surface area (Å²) in [7, 11) is 3.21. The first kappa shape index (κ1) is 32.7. The Bertz CT molecular complexity index is 1680. The number of methoxy groups -OCH3 is 2. The zero-order valence-corrected chi connectivity index (χ0v) is 27.0. The monoisotopic (exact) mass is 650 g/mol. The van der Waals surface area contributed by atoms with Crippen molar-refractivity contribution in [3.63, 3.8) is 0 Å². The van der Waals surface area contributed by atoms with E-state index in [0.29, 0.717) is 53.5 Å². The molecule has 0 aliphatic carbocycles. The number of fused-ring (bicyclic) bond motifs is 1. The van der Waals surface area contributed by atoms with Crippen molar-refractivity contribution in [3.8, 4) is 45.3 Å². The summed E-state index contributed by atoms with van der Waals surface area (Å²) in [6, 6.07) is 15.4. The van der Waals surface area contributed by atoms with Gasteiger partial charge in [0.25, 0.3) is 0 Å². The van der Waals surface area contributed by atoms with E-state index < -0.39 is 12.1 Å². The molecule has 45 heavy (non-hydrogen) atoms. The molecule has 0 radical (unpaired) electrons. The van der Waals surface area contributed by atoms with Crippen molar-refractivity contribution in [1.82, 2.24) is 20.2 Å². The molecule has 0 spiro atoms. The summed E-state index contributed by atoms with van der Waals surface area (Å²) in [5.74, 6) is 0.388. The van der Waals surface area contributed by atoms with Gasteiger partial charge in [0.1, 0.15) is 5.75 Å². The molecule has 0 fully saturated rings. The van der Waals surface area contributed by atoms with E-state index in [1.807, 2.05) is 42.5 Å². The van der Waals surface area contributed by atoms with Crippen molar-refractivity contribution >= 4 is 29.2 Å². The molecule has 2 aromatic heterocycles. The Hall–Kier alpha value is -3.73. The summed E-state index contributed by atoms with van der Waals surface area (Å²) in [6.45, 7) is 4.55. The lowest BCUT2D eigenvalue weighted by atomic mass is 9.93. The largest absolute Gasteiger partial charge is 0.496 e. The van der Waals surface area contributed by atoms with E-state index in [1.165, 1.54) is 0 Å². The van der Waals surface area contributed by atoms with Gasteiger partial charge in [-0.15, -0.1) is 0 Å². The van der Waals surface area contributed by atoms with Crippen LogP contribution in [-0.2, 0) is 24.3 Å². The van der Waals surface area contributed by atoms with Crippen LogP contribution >= 0.6 is 23.2 Å². The van der Waals surface area contributed by atoms with Gasteiger partial charge in [-0.25, -0.2) is 4.98 Å². The molecule has 3 heterocycles. The van der Waals surface area contributed by atoms with Crippen molar-refractivity contribution in [2.75, 3.05) is 33.9 Å². The zero-order valence-electron chi connectivity index (χ0n) is 25.4. The molecule has 0 saturated heterocycles. The number of aliphatic hydroxyl groups is 1. The van der Waals surface area contributed by atoms with Gasteiger partial charge in [0.2, 0.25) is 5.88 Å². The fourth-order valence-electron chi connectivity index (χ4n) is 5.59. The number of hydrogen-bond donors (Lipinski definition) is 3. The smallest absolute Gasteiger partial charge is 0.304 e. The van der Waals surface area contributed by atoms with Crippen LogP contribution < -0.4 is 14.8 Å². The predicted octanol–water partition coefficient (Wildman–Crippen LogP) is 6.10. The summed E-state index contributed by atoms with van der Waals surface area (Å²) >= 11 is 14.1. The summed E-state index contributed by atoms with van der Waals surface area (Å²) in [4.78, 5) is 22.6.